The number of carboxylic acid groups (broad SMARTS) is 1. The van der Waals surface area contributed by atoms with Gasteiger partial charge in [0.25, 0.3) is 0 Å². The molecule has 0 saturated heterocycles. The third-order valence-electron chi connectivity index (χ3n) is 1.97. The summed E-state index contributed by atoms with van der Waals surface area (Å²) in [7, 11) is 1.62. The van der Waals surface area contributed by atoms with Crippen molar-refractivity contribution in [1.29, 1.82) is 0 Å². The van der Waals surface area contributed by atoms with E-state index in [0.717, 1.165) is 0 Å². The molecule has 0 aliphatic heterocycles. The Balaban J connectivity index is 3.64. The van der Waals surface area contributed by atoms with Gasteiger partial charge in [0.2, 0.25) is 0 Å². The molecule has 0 spiro atoms. The van der Waals surface area contributed by atoms with Crippen LogP contribution < -0.4 is 5.32 Å². The van der Waals surface area contributed by atoms with Crippen LogP contribution in [0.5, 0.6) is 0 Å². The van der Waals surface area contributed by atoms with Crippen LogP contribution in [0.25, 0.3) is 0 Å². The fraction of sp³-hybridized carbons (Fsp3) is 0.889. The van der Waals surface area contributed by atoms with E-state index in [4.69, 9.17) is 9.84 Å². The fourth-order valence-corrected chi connectivity index (χ4v) is 1.04. The van der Waals surface area contributed by atoms with Crippen LogP contribution in [0, 0.1) is 11.8 Å². The van der Waals surface area contributed by atoms with E-state index in [2.05, 4.69) is 5.32 Å². The van der Waals surface area contributed by atoms with Gasteiger partial charge in [0.05, 0.1) is 12.5 Å². The van der Waals surface area contributed by atoms with Gasteiger partial charge < -0.3 is 15.2 Å². The third kappa shape index (κ3) is 5.60. The van der Waals surface area contributed by atoms with Crippen molar-refractivity contribution in [2.75, 3.05) is 26.8 Å². The molecule has 0 bridgehead atoms. The molecular weight excluding hydrogens is 170 g/mol. The first-order chi connectivity index (χ1) is 6.09. The SMILES string of the molecule is COCCNCC(C(=O)O)C(C)C. The Morgan fingerprint density at radius 2 is 2.15 bits per heavy atom. The minimum absolute atomic E-state index is 0.160. The van der Waals surface area contributed by atoms with Gasteiger partial charge in [0, 0.05) is 20.2 Å². The number of carbonyl (C=O) groups is 1. The van der Waals surface area contributed by atoms with E-state index in [0.29, 0.717) is 19.7 Å². The number of hydrogen-bond donors (Lipinski definition) is 2. The largest absolute Gasteiger partial charge is 0.481 e. The first-order valence-electron chi connectivity index (χ1n) is 4.52. The van der Waals surface area contributed by atoms with Gasteiger partial charge in [-0.05, 0) is 5.92 Å². The van der Waals surface area contributed by atoms with Gasteiger partial charge in [-0.2, -0.15) is 0 Å². The molecule has 0 fully saturated rings. The molecule has 1 atom stereocenters. The van der Waals surface area contributed by atoms with Gasteiger partial charge in [-0.15, -0.1) is 0 Å². The van der Waals surface area contributed by atoms with E-state index >= 15 is 0 Å². The molecule has 0 amide bonds. The van der Waals surface area contributed by atoms with Crippen LogP contribution in [-0.2, 0) is 9.53 Å². The predicted octanol–water partition coefficient (Wildman–Crippen LogP) is 0.579. The average molecular weight is 189 g/mol. The smallest absolute Gasteiger partial charge is 0.308 e. The molecule has 0 saturated carbocycles. The van der Waals surface area contributed by atoms with Crippen molar-refractivity contribution in [2.24, 2.45) is 11.8 Å². The number of ether oxygens (including phenoxy) is 1. The van der Waals surface area contributed by atoms with Gasteiger partial charge in [-0.1, -0.05) is 13.8 Å². The zero-order valence-electron chi connectivity index (χ0n) is 8.54. The molecule has 0 aromatic rings. The molecule has 2 N–H and O–H groups in total. The Morgan fingerprint density at radius 3 is 2.54 bits per heavy atom. The summed E-state index contributed by atoms with van der Waals surface area (Å²) in [5.74, 6) is -0.885. The molecule has 0 aromatic carbocycles. The number of aliphatic carboxylic acids is 1. The molecule has 0 aliphatic rings. The van der Waals surface area contributed by atoms with Gasteiger partial charge >= 0.3 is 5.97 Å². The molecule has 1 unspecified atom stereocenters. The maximum atomic E-state index is 10.7. The summed E-state index contributed by atoms with van der Waals surface area (Å²) in [5, 5.41) is 11.9. The topological polar surface area (TPSA) is 58.6 Å². The Labute approximate surface area is 79.3 Å². The van der Waals surface area contributed by atoms with Crippen LogP contribution in [-0.4, -0.2) is 37.9 Å². The zero-order chi connectivity index (χ0) is 10.3. The highest BCUT2D eigenvalue weighted by Crippen LogP contribution is 2.09. The van der Waals surface area contributed by atoms with E-state index in [1.165, 1.54) is 0 Å². The molecule has 0 radical (unpaired) electrons. The lowest BCUT2D eigenvalue weighted by Gasteiger charge is -2.16. The molecule has 13 heavy (non-hydrogen) atoms. The standard InChI is InChI=1S/C9H19NO3/c1-7(2)8(9(11)12)6-10-4-5-13-3/h7-8,10H,4-6H2,1-3H3,(H,11,12). The van der Waals surface area contributed by atoms with Gasteiger partial charge in [0.1, 0.15) is 0 Å². The monoisotopic (exact) mass is 189 g/mol. The predicted molar refractivity (Wildman–Crippen MR) is 50.7 cm³/mol. The summed E-state index contributed by atoms with van der Waals surface area (Å²) >= 11 is 0. The molecular formula is C9H19NO3. The number of carboxylic acids is 1. The first kappa shape index (κ1) is 12.4. The molecule has 0 aliphatic carbocycles. The summed E-state index contributed by atoms with van der Waals surface area (Å²) in [6.07, 6.45) is 0. The quantitative estimate of drug-likeness (QED) is 0.575. The van der Waals surface area contributed by atoms with E-state index < -0.39 is 5.97 Å². The first-order valence-corrected chi connectivity index (χ1v) is 4.52. The van der Waals surface area contributed by atoms with Crippen LogP contribution in [0.3, 0.4) is 0 Å². The Kier molecular flexibility index (Phi) is 6.54. The van der Waals surface area contributed by atoms with Crippen LogP contribution >= 0.6 is 0 Å². The Morgan fingerprint density at radius 1 is 1.54 bits per heavy atom. The van der Waals surface area contributed by atoms with Crippen LogP contribution in [0.1, 0.15) is 13.8 Å². The van der Waals surface area contributed by atoms with Crippen LogP contribution in [0.15, 0.2) is 0 Å². The zero-order valence-corrected chi connectivity index (χ0v) is 8.54. The van der Waals surface area contributed by atoms with E-state index in [-0.39, 0.29) is 11.8 Å². The molecule has 0 rings (SSSR count). The summed E-state index contributed by atoms with van der Waals surface area (Å²) in [5.41, 5.74) is 0. The van der Waals surface area contributed by atoms with Gasteiger partial charge in [-0.25, -0.2) is 0 Å². The molecule has 0 aromatic heterocycles. The lowest BCUT2D eigenvalue weighted by Crippen LogP contribution is -2.33. The summed E-state index contributed by atoms with van der Waals surface area (Å²) in [6, 6.07) is 0. The van der Waals surface area contributed by atoms with Crippen molar-refractivity contribution in [2.45, 2.75) is 13.8 Å². The molecule has 4 nitrogen and oxygen atoms in total. The molecule has 78 valence electrons. The summed E-state index contributed by atoms with van der Waals surface area (Å²) in [4.78, 5) is 10.7. The maximum Gasteiger partial charge on any atom is 0.308 e. The lowest BCUT2D eigenvalue weighted by atomic mass is 9.96. The highest BCUT2D eigenvalue weighted by atomic mass is 16.5. The second-order valence-corrected chi connectivity index (χ2v) is 3.39. The van der Waals surface area contributed by atoms with Crippen molar-refractivity contribution in [3.8, 4) is 0 Å². The minimum atomic E-state index is -0.736. The minimum Gasteiger partial charge on any atom is -0.481 e. The fourth-order valence-electron chi connectivity index (χ4n) is 1.04. The number of rotatable bonds is 7. The van der Waals surface area contributed by atoms with Crippen LogP contribution in [0.2, 0.25) is 0 Å². The van der Waals surface area contributed by atoms with Crippen molar-refractivity contribution < 1.29 is 14.6 Å². The van der Waals surface area contributed by atoms with Crippen molar-refractivity contribution in [3.05, 3.63) is 0 Å². The summed E-state index contributed by atoms with van der Waals surface area (Å²) < 4.78 is 4.83. The number of methoxy groups -OCH3 is 1. The molecule has 4 heteroatoms. The second-order valence-electron chi connectivity index (χ2n) is 3.39. The van der Waals surface area contributed by atoms with Gasteiger partial charge in [-0.3, -0.25) is 4.79 Å². The van der Waals surface area contributed by atoms with Gasteiger partial charge in [0.15, 0.2) is 0 Å². The molecule has 0 heterocycles. The third-order valence-corrected chi connectivity index (χ3v) is 1.97. The highest BCUT2D eigenvalue weighted by Gasteiger charge is 2.20. The van der Waals surface area contributed by atoms with E-state index in [9.17, 15) is 4.79 Å². The van der Waals surface area contributed by atoms with Crippen molar-refractivity contribution in [1.82, 2.24) is 5.32 Å². The Hall–Kier alpha value is -0.610. The summed E-state index contributed by atoms with van der Waals surface area (Å²) in [6.45, 7) is 5.65. The number of hydrogen-bond acceptors (Lipinski definition) is 3. The van der Waals surface area contributed by atoms with E-state index in [1.807, 2.05) is 13.8 Å². The number of nitrogens with one attached hydrogen (secondary N) is 1. The highest BCUT2D eigenvalue weighted by molar-refractivity contribution is 5.70. The Bertz CT molecular complexity index is 148. The lowest BCUT2D eigenvalue weighted by molar-refractivity contribution is -0.143. The maximum absolute atomic E-state index is 10.7. The second kappa shape index (κ2) is 6.86. The normalized spacial score (nSPS) is 13.2. The average Bonchev–Trinajstić information content (AvgIpc) is 2.02. The van der Waals surface area contributed by atoms with E-state index in [1.54, 1.807) is 7.11 Å². The van der Waals surface area contributed by atoms with Crippen LogP contribution in [0.4, 0.5) is 0 Å². The van der Waals surface area contributed by atoms with Crippen molar-refractivity contribution in [3.63, 3.8) is 0 Å². The van der Waals surface area contributed by atoms with Crippen molar-refractivity contribution >= 4 is 5.97 Å².